The first kappa shape index (κ1) is 15.7. The molecule has 4 rings (SSSR count). The number of carbonyl (C=O) groups excluding carboxylic acids is 1. The van der Waals surface area contributed by atoms with Crippen LogP contribution in [0.25, 0.3) is 22.0 Å². The minimum absolute atomic E-state index is 0.0166. The van der Waals surface area contributed by atoms with Gasteiger partial charge in [-0.15, -0.1) is 10.2 Å². The highest BCUT2D eigenvalue weighted by atomic mass is 16.2. The van der Waals surface area contributed by atoms with Gasteiger partial charge in [-0.1, -0.05) is 6.07 Å². The Morgan fingerprint density at radius 2 is 2.08 bits per heavy atom. The summed E-state index contributed by atoms with van der Waals surface area (Å²) in [6.07, 6.45) is 5.73. The second-order valence-electron chi connectivity index (χ2n) is 6.53. The molecule has 1 atom stereocenters. The zero-order valence-corrected chi connectivity index (χ0v) is 14.3. The first-order valence-electron chi connectivity index (χ1n) is 8.38. The second kappa shape index (κ2) is 6.25. The summed E-state index contributed by atoms with van der Waals surface area (Å²) in [7, 11) is 3.87. The molecule has 7 nitrogen and oxygen atoms in total. The van der Waals surface area contributed by atoms with E-state index in [1.807, 2.05) is 50.8 Å². The van der Waals surface area contributed by atoms with Crippen molar-refractivity contribution in [2.24, 2.45) is 7.05 Å². The molecule has 7 heteroatoms. The van der Waals surface area contributed by atoms with Gasteiger partial charge in [-0.2, -0.15) is 5.10 Å². The number of rotatable bonds is 3. The van der Waals surface area contributed by atoms with Gasteiger partial charge in [-0.05, 0) is 50.2 Å². The number of nitrogens with zero attached hydrogens (tertiary/aromatic N) is 5. The third-order valence-electron chi connectivity index (χ3n) is 4.70. The first-order chi connectivity index (χ1) is 12.1. The lowest BCUT2D eigenvalue weighted by Gasteiger charge is -2.18. The lowest BCUT2D eigenvalue weighted by Crippen LogP contribution is -2.37. The summed E-state index contributed by atoms with van der Waals surface area (Å²) in [5, 5.41) is 16.4. The normalized spacial score (nSPS) is 17.9. The summed E-state index contributed by atoms with van der Waals surface area (Å²) >= 11 is 0. The average molecular weight is 336 g/mol. The van der Waals surface area contributed by atoms with Crippen LogP contribution in [0.1, 0.15) is 12.8 Å². The van der Waals surface area contributed by atoms with Crippen molar-refractivity contribution in [3.8, 4) is 11.1 Å². The molecule has 3 heterocycles. The van der Waals surface area contributed by atoms with Crippen molar-refractivity contribution in [1.29, 1.82) is 0 Å². The molecule has 128 valence electrons. The van der Waals surface area contributed by atoms with Gasteiger partial charge in [-0.3, -0.25) is 14.4 Å². The molecule has 1 aliphatic heterocycles. The highest BCUT2D eigenvalue weighted by molar-refractivity contribution is 5.96. The van der Waals surface area contributed by atoms with Gasteiger partial charge < -0.3 is 5.32 Å². The summed E-state index contributed by atoms with van der Waals surface area (Å²) < 4.78 is 1.77. The van der Waals surface area contributed by atoms with Crippen LogP contribution in [0.5, 0.6) is 0 Å². The molecular weight excluding hydrogens is 316 g/mol. The molecule has 1 fully saturated rings. The van der Waals surface area contributed by atoms with Crippen molar-refractivity contribution in [2.45, 2.75) is 18.9 Å². The molecule has 0 aliphatic carbocycles. The van der Waals surface area contributed by atoms with Crippen LogP contribution in [0.4, 0.5) is 5.82 Å². The van der Waals surface area contributed by atoms with E-state index in [2.05, 4.69) is 25.5 Å². The maximum Gasteiger partial charge on any atom is 0.242 e. The van der Waals surface area contributed by atoms with E-state index in [1.54, 1.807) is 4.68 Å². The molecule has 25 heavy (non-hydrogen) atoms. The summed E-state index contributed by atoms with van der Waals surface area (Å²) in [6.45, 7) is 0.954. The third-order valence-corrected chi connectivity index (χ3v) is 4.70. The van der Waals surface area contributed by atoms with E-state index in [4.69, 9.17) is 0 Å². The molecule has 0 bridgehead atoms. The molecule has 1 saturated heterocycles. The van der Waals surface area contributed by atoms with Gasteiger partial charge in [0.25, 0.3) is 0 Å². The van der Waals surface area contributed by atoms with Crippen molar-refractivity contribution in [2.75, 3.05) is 18.9 Å². The first-order valence-corrected chi connectivity index (χ1v) is 8.38. The Morgan fingerprint density at radius 1 is 1.20 bits per heavy atom. The maximum atomic E-state index is 12.4. The summed E-state index contributed by atoms with van der Waals surface area (Å²) in [6, 6.07) is 7.76. The number of fused-ring (bicyclic) bond motifs is 1. The van der Waals surface area contributed by atoms with Crippen molar-refractivity contribution in [3.63, 3.8) is 0 Å². The fraction of sp³-hybridized carbons (Fsp3) is 0.333. The molecule has 0 spiro atoms. The lowest BCUT2D eigenvalue weighted by atomic mass is 10.1. The number of benzene rings is 1. The molecule has 1 N–H and O–H groups in total. The van der Waals surface area contributed by atoms with Gasteiger partial charge in [0.1, 0.15) is 0 Å². The van der Waals surface area contributed by atoms with Gasteiger partial charge in [0, 0.05) is 24.2 Å². The molecule has 0 saturated carbocycles. The highest BCUT2D eigenvalue weighted by Crippen LogP contribution is 2.24. The SMILES string of the molecule is CN1CCC[C@@H]1C(=O)Nc1cc2cc(-c3cnn(C)c3)ccc2nn1. The number of carbonyl (C=O) groups is 1. The van der Waals surface area contributed by atoms with E-state index in [1.165, 1.54) is 0 Å². The Hall–Kier alpha value is -2.80. The number of aryl methyl sites for hydroxylation is 1. The van der Waals surface area contributed by atoms with Gasteiger partial charge in [0.15, 0.2) is 5.82 Å². The number of likely N-dealkylation sites (N-methyl/N-ethyl adjacent to an activating group) is 1. The average Bonchev–Trinajstić information content (AvgIpc) is 3.22. The minimum Gasteiger partial charge on any atom is -0.308 e. The molecule has 0 unspecified atom stereocenters. The van der Waals surface area contributed by atoms with E-state index in [-0.39, 0.29) is 11.9 Å². The van der Waals surface area contributed by atoms with Gasteiger partial charge in [0.2, 0.25) is 5.91 Å². The Kier molecular flexibility index (Phi) is 3.93. The number of hydrogen-bond donors (Lipinski definition) is 1. The topological polar surface area (TPSA) is 75.9 Å². The van der Waals surface area contributed by atoms with Gasteiger partial charge in [-0.25, -0.2) is 0 Å². The highest BCUT2D eigenvalue weighted by Gasteiger charge is 2.27. The van der Waals surface area contributed by atoms with E-state index < -0.39 is 0 Å². The van der Waals surface area contributed by atoms with Crippen molar-refractivity contribution in [1.82, 2.24) is 24.9 Å². The summed E-state index contributed by atoms with van der Waals surface area (Å²) in [4.78, 5) is 14.5. The van der Waals surface area contributed by atoms with Crippen LogP contribution in [0.3, 0.4) is 0 Å². The zero-order chi connectivity index (χ0) is 17.4. The maximum absolute atomic E-state index is 12.4. The minimum atomic E-state index is -0.0841. The number of hydrogen-bond acceptors (Lipinski definition) is 5. The summed E-state index contributed by atoms with van der Waals surface area (Å²) in [5.74, 6) is 0.471. The Labute approximate surface area is 145 Å². The smallest absolute Gasteiger partial charge is 0.242 e. The van der Waals surface area contributed by atoms with E-state index in [0.29, 0.717) is 5.82 Å². The molecule has 1 aliphatic rings. The molecule has 3 aromatic rings. The number of nitrogens with one attached hydrogen (secondary N) is 1. The van der Waals surface area contributed by atoms with Gasteiger partial charge >= 0.3 is 0 Å². The number of likely N-dealkylation sites (tertiary alicyclic amines) is 1. The monoisotopic (exact) mass is 336 g/mol. The van der Waals surface area contributed by atoms with Crippen LogP contribution < -0.4 is 5.32 Å². The predicted octanol–water partition coefficient (Wildman–Crippen LogP) is 2.06. The molecule has 1 aromatic carbocycles. The molecule has 0 radical (unpaired) electrons. The Morgan fingerprint density at radius 3 is 2.80 bits per heavy atom. The van der Waals surface area contributed by atoms with Crippen LogP contribution in [0, 0.1) is 0 Å². The fourth-order valence-corrected chi connectivity index (χ4v) is 3.31. The quantitative estimate of drug-likeness (QED) is 0.792. The van der Waals surface area contributed by atoms with Crippen molar-refractivity contribution >= 4 is 22.6 Å². The van der Waals surface area contributed by atoms with E-state index >= 15 is 0 Å². The zero-order valence-electron chi connectivity index (χ0n) is 14.3. The van der Waals surface area contributed by atoms with E-state index in [9.17, 15) is 4.79 Å². The van der Waals surface area contributed by atoms with Crippen LogP contribution in [-0.2, 0) is 11.8 Å². The van der Waals surface area contributed by atoms with Crippen LogP contribution in [0.2, 0.25) is 0 Å². The van der Waals surface area contributed by atoms with Crippen LogP contribution >= 0.6 is 0 Å². The second-order valence-corrected chi connectivity index (χ2v) is 6.53. The van der Waals surface area contributed by atoms with Crippen molar-refractivity contribution in [3.05, 3.63) is 36.7 Å². The molecule has 1 amide bonds. The molecule has 2 aromatic heterocycles. The van der Waals surface area contributed by atoms with E-state index in [0.717, 1.165) is 41.4 Å². The van der Waals surface area contributed by atoms with Gasteiger partial charge in [0.05, 0.1) is 17.8 Å². The summed E-state index contributed by atoms with van der Waals surface area (Å²) in [5.41, 5.74) is 2.89. The Balaban J connectivity index is 1.61. The predicted molar refractivity (Wildman–Crippen MR) is 96.0 cm³/mol. The Bertz CT molecular complexity index is 934. The molecular formula is C18H20N6O. The lowest BCUT2D eigenvalue weighted by molar-refractivity contribution is -0.119. The largest absolute Gasteiger partial charge is 0.308 e. The fourth-order valence-electron chi connectivity index (χ4n) is 3.31. The standard InChI is InChI=1S/C18H20N6O/c1-23-7-3-4-16(23)18(25)20-17-9-13-8-12(5-6-15(13)21-22-17)14-10-19-24(2)11-14/h5-6,8-11,16H,3-4,7H2,1-2H3,(H,20,22,25)/t16-/m1/s1. The number of anilines is 1. The van der Waals surface area contributed by atoms with Crippen LogP contribution in [-0.4, -0.2) is 50.4 Å². The van der Waals surface area contributed by atoms with Crippen molar-refractivity contribution < 1.29 is 4.79 Å². The number of aromatic nitrogens is 4. The third kappa shape index (κ3) is 3.10. The van der Waals surface area contributed by atoms with Crippen LogP contribution in [0.15, 0.2) is 36.7 Å². The number of amides is 1.